The van der Waals surface area contributed by atoms with Gasteiger partial charge in [-0.2, -0.15) is 0 Å². The van der Waals surface area contributed by atoms with Crippen LogP contribution in [0.5, 0.6) is 0 Å². The van der Waals surface area contributed by atoms with Crippen molar-refractivity contribution >= 4 is 11.9 Å². The van der Waals surface area contributed by atoms with Crippen LogP contribution in [-0.2, 0) is 14.3 Å². The Labute approximate surface area is 385 Å². The lowest BCUT2D eigenvalue weighted by molar-refractivity contribution is -0.143. The second-order valence-corrected chi connectivity index (χ2v) is 18.5. The summed E-state index contributed by atoms with van der Waals surface area (Å²) in [6.45, 7) is 4.79. The molecule has 0 aromatic rings. The van der Waals surface area contributed by atoms with Crippen molar-refractivity contribution < 1.29 is 24.5 Å². The number of carbonyl (C=O) groups is 2. The van der Waals surface area contributed by atoms with Crippen molar-refractivity contribution in [2.75, 3.05) is 13.2 Å². The number of carbonyl (C=O) groups excluding carboxylic acids is 2. The molecular formula is C56H105NO5. The lowest BCUT2D eigenvalue weighted by Gasteiger charge is -2.20. The number of allylic oxidation sites excluding steroid dienone is 5. The van der Waals surface area contributed by atoms with Crippen LogP contribution in [0.1, 0.15) is 284 Å². The standard InChI is InChI=1S/C56H105NO5/c1-3-5-7-9-11-13-15-16-17-18-19-20-21-22-23-24-25-26-29-32-36-40-44-48-54(59)53(52-58)57-55(60)49-45-41-37-33-30-27-31-35-39-43-47-51-62-56(61)50-46-42-38-34-28-14-12-10-8-6-4-2/h10,12,31,35,44,48,53-54,58-59H,3-9,11,13-30,32-34,36-43,45-47,49-52H2,1-2H3,(H,57,60)/b12-10-,35-31-,48-44+. The third-order valence-corrected chi connectivity index (χ3v) is 12.4. The van der Waals surface area contributed by atoms with E-state index in [9.17, 15) is 19.8 Å². The maximum Gasteiger partial charge on any atom is 0.305 e. The summed E-state index contributed by atoms with van der Waals surface area (Å²) in [7, 11) is 0. The molecule has 0 aliphatic carbocycles. The highest BCUT2D eigenvalue weighted by Crippen LogP contribution is 2.16. The molecule has 6 nitrogen and oxygen atoms in total. The lowest BCUT2D eigenvalue weighted by Crippen LogP contribution is -2.45. The van der Waals surface area contributed by atoms with Crippen LogP contribution >= 0.6 is 0 Å². The van der Waals surface area contributed by atoms with Crippen molar-refractivity contribution in [3.8, 4) is 0 Å². The molecule has 1 amide bonds. The molecule has 0 aromatic carbocycles. The van der Waals surface area contributed by atoms with E-state index in [0.29, 0.717) is 19.4 Å². The number of hydrogen-bond donors (Lipinski definition) is 3. The van der Waals surface area contributed by atoms with Crippen molar-refractivity contribution in [1.29, 1.82) is 0 Å². The summed E-state index contributed by atoms with van der Waals surface area (Å²) in [5.41, 5.74) is 0. The Hall–Kier alpha value is -1.92. The number of ether oxygens (including phenoxy) is 1. The molecule has 0 aromatic heterocycles. The summed E-state index contributed by atoms with van der Waals surface area (Å²) >= 11 is 0. The summed E-state index contributed by atoms with van der Waals surface area (Å²) < 4.78 is 5.41. The first kappa shape index (κ1) is 60.1. The van der Waals surface area contributed by atoms with Gasteiger partial charge >= 0.3 is 5.97 Å². The topological polar surface area (TPSA) is 95.9 Å². The van der Waals surface area contributed by atoms with Gasteiger partial charge in [-0.05, 0) is 77.0 Å². The van der Waals surface area contributed by atoms with Crippen LogP contribution in [0.15, 0.2) is 36.5 Å². The molecule has 0 heterocycles. The van der Waals surface area contributed by atoms with Crippen LogP contribution in [0.2, 0.25) is 0 Å². The molecular weight excluding hydrogens is 767 g/mol. The lowest BCUT2D eigenvalue weighted by atomic mass is 10.0. The molecule has 0 saturated carbocycles. The molecule has 0 aliphatic heterocycles. The maximum absolute atomic E-state index is 12.5. The molecule has 364 valence electrons. The normalized spacial score (nSPS) is 12.9. The zero-order valence-corrected chi connectivity index (χ0v) is 41.4. The van der Waals surface area contributed by atoms with E-state index in [4.69, 9.17) is 4.74 Å². The number of rotatable bonds is 50. The smallest absolute Gasteiger partial charge is 0.305 e. The third kappa shape index (κ3) is 47.6. The summed E-state index contributed by atoms with van der Waals surface area (Å²) in [6.07, 6.45) is 63.0. The Bertz CT molecular complexity index is 1010. The van der Waals surface area contributed by atoms with Crippen LogP contribution in [0.4, 0.5) is 0 Å². The minimum Gasteiger partial charge on any atom is -0.466 e. The van der Waals surface area contributed by atoms with Gasteiger partial charge in [0.05, 0.1) is 25.4 Å². The largest absolute Gasteiger partial charge is 0.466 e. The van der Waals surface area contributed by atoms with E-state index in [2.05, 4.69) is 43.5 Å². The van der Waals surface area contributed by atoms with Crippen molar-refractivity contribution in [1.82, 2.24) is 5.32 Å². The van der Waals surface area contributed by atoms with Crippen LogP contribution in [0, 0.1) is 0 Å². The number of unbranched alkanes of at least 4 members (excludes halogenated alkanes) is 35. The quantitative estimate of drug-likeness (QED) is 0.0321. The SMILES string of the molecule is CCCC/C=C\CCCCCCCC(=O)OCCCC/C=C\CCCCCCCC(=O)NC(CO)C(O)/C=C/CCCCCCCCCCCCCCCCCCCCCCC. The second-order valence-electron chi connectivity index (χ2n) is 18.5. The monoisotopic (exact) mass is 872 g/mol. The van der Waals surface area contributed by atoms with Gasteiger partial charge in [0, 0.05) is 12.8 Å². The predicted molar refractivity (Wildman–Crippen MR) is 269 cm³/mol. The van der Waals surface area contributed by atoms with Gasteiger partial charge in [-0.15, -0.1) is 0 Å². The van der Waals surface area contributed by atoms with Gasteiger partial charge in [-0.3, -0.25) is 9.59 Å². The van der Waals surface area contributed by atoms with E-state index in [-0.39, 0.29) is 18.5 Å². The first-order valence-electron chi connectivity index (χ1n) is 27.3. The van der Waals surface area contributed by atoms with Crippen LogP contribution in [0.25, 0.3) is 0 Å². The molecule has 0 rings (SSSR count). The molecule has 0 aliphatic rings. The predicted octanol–water partition coefficient (Wildman–Crippen LogP) is 16.5. The van der Waals surface area contributed by atoms with Gasteiger partial charge < -0.3 is 20.3 Å². The minimum absolute atomic E-state index is 0.0441. The zero-order chi connectivity index (χ0) is 45.1. The van der Waals surface area contributed by atoms with Crippen LogP contribution < -0.4 is 5.32 Å². The number of esters is 1. The summed E-state index contributed by atoms with van der Waals surface area (Å²) in [5, 5.41) is 23.1. The van der Waals surface area contributed by atoms with E-state index >= 15 is 0 Å². The molecule has 2 atom stereocenters. The van der Waals surface area contributed by atoms with E-state index in [1.54, 1.807) is 6.08 Å². The molecule has 0 radical (unpaired) electrons. The van der Waals surface area contributed by atoms with E-state index in [0.717, 1.165) is 83.5 Å². The Morgan fingerprint density at radius 1 is 0.435 bits per heavy atom. The van der Waals surface area contributed by atoms with Gasteiger partial charge in [0.2, 0.25) is 5.91 Å². The number of nitrogens with one attached hydrogen (secondary N) is 1. The Balaban J connectivity index is 3.55. The number of aliphatic hydroxyl groups is 2. The highest BCUT2D eigenvalue weighted by molar-refractivity contribution is 5.76. The fraction of sp³-hybridized carbons (Fsp3) is 0.857. The molecule has 3 N–H and O–H groups in total. The number of amides is 1. The van der Waals surface area contributed by atoms with Gasteiger partial charge in [-0.1, -0.05) is 230 Å². The zero-order valence-electron chi connectivity index (χ0n) is 41.4. The molecule has 0 bridgehead atoms. The Kier molecular flexibility index (Phi) is 50.1. The van der Waals surface area contributed by atoms with Crippen molar-refractivity contribution in [2.24, 2.45) is 0 Å². The molecule has 2 unspecified atom stereocenters. The fourth-order valence-electron chi connectivity index (χ4n) is 8.14. The highest BCUT2D eigenvalue weighted by atomic mass is 16.5. The van der Waals surface area contributed by atoms with Crippen LogP contribution in [-0.4, -0.2) is 47.4 Å². The summed E-state index contributed by atoms with van der Waals surface area (Å²) in [5.74, 6) is -0.140. The highest BCUT2D eigenvalue weighted by Gasteiger charge is 2.18. The Morgan fingerprint density at radius 2 is 0.774 bits per heavy atom. The van der Waals surface area contributed by atoms with Crippen LogP contribution in [0.3, 0.4) is 0 Å². The minimum atomic E-state index is -0.864. The van der Waals surface area contributed by atoms with Crippen molar-refractivity contribution in [3.63, 3.8) is 0 Å². The molecule has 0 spiro atoms. The number of hydrogen-bond acceptors (Lipinski definition) is 5. The van der Waals surface area contributed by atoms with Gasteiger partial charge in [-0.25, -0.2) is 0 Å². The van der Waals surface area contributed by atoms with E-state index in [1.165, 1.54) is 173 Å². The fourth-order valence-corrected chi connectivity index (χ4v) is 8.14. The first-order valence-corrected chi connectivity index (χ1v) is 27.3. The van der Waals surface area contributed by atoms with Gasteiger partial charge in [0.1, 0.15) is 0 Å². The second kappa shape index (κ2) is 51.7. The van der Waals surface area contributed by atoms with E-state index in [1.807, 2.05) is 6.08 Å². The third-order valence-electron chi connectivity index (χ3n) is 12.4. The Morgan fingerprint density at radius 3 is 1.19 bits per heavy atom. The molecule has 0 fully saturated rings. The molecule has 6 heteroatoms. The summed E-state index contributed by atoms with van der Waals surface area (Å²) in [6, 6.07) is -0.650. The average Bonchev–Trinajstić information content (AvgIpc) is 3.27. The number of aliphatic hydroxyl groups excluding tert-OH is 2. The van der Waals surface area contributed by atoms with Crippen molar-refractivity contribution in [3.05, 3.63) is 36.5 Å². The maximum atomic E-state index is 12.5. The van der Waals surface area contributed by atoms with Crippen molar-refractivity contribution in [2.45, 2.75) is 296 Å². The molecule has 0 saturated heterocycles. The van der Waals surface area contributed by atoms with Gasteiger partial charge in [0.25, 0.3) is 0 Å². The van der Waals surface area contributed by atoms with E-state index < -0.39 is 12.1 Å². The summed E-state index contributed by atoms with van der Waals surface area (Å²) in [4.78, 5) is 24.4. The average molecular weight is 872 g/mol. The van der Waals surface area contributed by atoms with Gasteiger partial charge in [0.15, 0.2) is 0 Å². The first-order chi connectivity index (χ1) is 30.5. The molecule has 62 heavy (non-hydrogen) atoms.